The lowest BCUT2D eigenvalue weighted by molar-refractivity contribution is 0.0383. The number of rotatable bonds is 5. The monoisotopic (exact) mass is 264 g/mol. The first kappa shape index (κ1) is 14.0. The fraction of sp³-hybridized carbons (Fsp3) is 0.571. The second kappa shape index (κ2) is 7.21. The van der Waals surface area contributed by atoms with E-state index in [9.17, 15) is 4.79 Å². The van der Waals surface area contributed by atoms with Gasteiger partial charge in [0, 0.05) is 37.9 Å². The molecule has 0 bridgehead atoms. The van der Waals surface area contributed by atoms with Gasteiger partial charge in [0.2, 0.25) is 0 Å². The SMILES string of the molecule is CCOC(=O)c1ccc(CCN2CCOCC2)nc1. The van der Waals surface area contributed by atoms with Gasteiger partial charge in [-0.3, -0.25) is 9.88 Å². The Morgan fingerprint density at radius 2 is 2.21 bits per heavy atom. The lowest BCUT2D eigenvalue weighted by Gasteiger charge is -2.26. The molecule has 0 spiro atoms. The number of aromatic nitrogens is 1. The topological polar surface area (TPSA) is 51.7 Å². The Morgan fingerprint density at radius 3 is 2.84 bits per heavy atom. The molecule has 2 rings (SSSR count). The summed E-state index contributed by atoms with van der Waals surface area (Å²) in [6.07, 6.45) is 2.48. The van der Waals surface area contributed by atoms with Crippen molar-refractivity contribution in [3.05, 3.63) is 29.6 Å². The van der Waals surface area contributed by atoms with Crippen LogP contribution in [-0.4, -0.2) is 55.3 Å². The molecule has 0 saturated carbocycles. The fourth-order valence-corrected chi connectivity index (χ4v) is 2.00. The third kappa shape index (κ3) is 4.29. The van der Waals surface area contributed by atoms with Crippen molar-refractivity contribution >= 4 is 5.97 Å². The van der Waals surface area contributed by atoms with E-state index in [1.165, 1.54) is 0 Å². The van der Waals surface area contributed by atoms with Gasteiger partial charge in [-0.25, -0.2) is 4.79 Å². The molecule has 5 nitrogen and oxygen atoms in total. The van der Waals surface area contributed by atoms with Crippen LogP contribution in [0.4, 0.5) is 0 Å². The van der Waals surface area contributed by atoms with E-state index in [2.05, 4.69) is 9.88 Å². The van der Waals surface area contributed by atoms with Crippen LogP contribution in [0.25, 0.3) is 0 Å². The van der Waals surface area contributed by atoms with Crippen LogP contribution in [0.15, 0.2) is 18.3 Å². The molecule has 0 N–H and O–H groups in total. The first-order valence-electron chi connectivity index (χ1n) is 6.71. The Bertz CT molecular complexity index is 400. The third-order valence-corrected chi connectivity index (χ3v) is 3.12. The van der Waals surface area contributed by atoms with Gasteiger partial charge in [-0.2, -0.15) is 0 Å². The smallest absolute Gasteiger partial charge is 0.339 e. The molecule has 1 fully saturated rings. The van der Waals surface area contributed by atoms with Crippen LogP contribution < -0.4 is 0 Å². The lowest BCUT2D eigenvalue weighted by atomic mass is 10.2. The molecule has 1 aliphatic rings. The summed E-state index contributed by atoms with van der Waals surface area (Å²) >= 11 is 0. The van der Waals surface area contributed by atoms with Crippen molar-refractivity contribution in [1.29, 1.82) is 0 Å². The predicted molar refractivity (Wildman–Crippen MR) is 71.2 cm³/mol. The molecule has 0 aromatic carbocycles. The van der Waals surface area contributed by atoms with Crippen LogP contribution in [0.3, 0.4) is 0 Å². The first-order valence-corrected chi connectivity index (χ1v) is 6.71. The van der Waals surface area contributed by atoms with Crippen molar-refractivity contribution in [2.24, 2.45) is 0 Å². The summed E-state index contributed by atoms with van der Waals surface area (Å²) < 4.78 is 10.2. The predicted octanol–water partition coefficient (Wildman–Crippen LogP) is 1.13. The summed E-state index contributed by atoms with van der Waals surface area (Å²) in [6, 6.07) is 3.67. The Labute approximate surface area is 113 Å². The van der Waals surface area contributed by atoms with Crippen molar-refractivity contribution in [2.45, 2.75) is 13.3 Å². The van der Waals surface area contributed by atoms with Crippen LogP contribution in [0.2, 0.25) is 0 Å². The Kier molecular flexibility index (Phi) is 5.30. The highest BCUT2D eigenvalue weighted by atomic mass is 16.5. The van der Waals surface area contributed by atoms with Crippen molar-refractivity contribution in [3.63, 3.8) is 0 Å². The zero-order chi connectivity index (χ0) is 13.5. The number of pyridine rings is 1. The minimum atomic E-state index is -0.310. The van der Waals surface area contributed by atoms with Crippen LogP contribution in [0.5, 0.6) is 0 Å². The van der Waals surface area contributed by atoms with Gasteiger partial charge in [0.15, 0.2) is 0 Å². The maximum absolute atomic E-state index is 11.5. The summed E-state index contributed by atoms with van der Waals surface area (Å²) in [6.45, 7) is 6.76. The van der Waals surface area contributed by atoms with Gasteiger partial charge in [-0.1, -0.05) is 0 Å². The summed E-state index contributed by atoms with van der Waals surface area (Å²) in [4.78, 5) is 18.2. The number of morpholine rings is 1. The number of ether oxygens (including phenoxy) is 2. The molecular weight excluding hydrogens is 244 g/mol. The molecule has 0 aliphatic carbocycles. The number of esters is 1. The van der Waals surface area contributed by atoms with Gasteiger partial charge in [0.05, 0.1) is 25.4 Å². The summed E-state index contributed by atoms with van der Waals surface area (Å²) in [5.74, 6) is -0.310. The molecular formula is C14H20N2O3. The van der Waals surface area contributed by atoms with Gasteiger partial charge in [-0.05, 0) is 19.1 Å². The minimum Gasteiger partial charge on any atom is -0.462 e. The zero-order valence-corrected chi connectivity index (χ0v) is 11.3. The van der Waals surface area contributed by atoms with Crippen molar-refractivity contribution < 1.29 is 14.3 Å². The highest BCUT2D eigenvalue weighted by molar-refractivity contribution is 5.88. The molecule has 19 heavy (non-hydrogen) atoms. The molecule has 5 heteroatoms. The number of nitrogens with zero attached hydrogens (tertiary/aromatic N) is 2. The third-order valence-electron chi connectivity index (χ3n) is 3.12. The normalized spacial score (nSPS) is 16.3. The molecule has 1 aromatic heterocycles. The summed E-state index contributed by atoms with van der Waals surface area (Å²) in [5.41, 5.74) is 1.51. The van der Waals surface area contributed by atoms with Crippen LogP contribution >= 0.6 is 0 Å². The number of hydrogen-bond acceptors (Lipinski definition) is 5. The quantitative estimate of drug-likeness (QED) is 0.746. The van der Waals surface area contributed by atoms with Gasteiger partial charge >= 0.3 is 5.97 Å². The van der Waals surface area contributed by atoms with E-state index < -0.39 is 0 Å². The molecule has 1 saturated heterocycles. The Balaban J connectivity index is 1.82. The van der Waals surface area contributed by atoms with E-state index in [0.29, 0.717) is 12.2 Å². The van der Waals surface area contributed by atoms with Gasteiger partial charge in [-0.15, -0.1) is 0 Å². The Morgan fingerprint density at radius 1 is 1.42 bits per heavy atom. The lowest BCUT2D eigenvalue weighted by Crippen LogP contribution is -2.37. The maximum Gasteiger partial charge on any atom is 0.339 e. The van der Waals surface area contributed by atoms with Crippen LogP contribution in [-0.2, 0) is 15.9 Å². The van der Waals surface area contributed by atoms with Gasteiger partial charge in [0.25, 0.3) is 0 Å². The van der Waals surface area contributed by atoms with Crippen LogP contribution in [0.1, 0.15) is 23.0 Å². The average Bonchev–Trinajstić information content (AvgIpc) is 2.47. The van der Waals surface area contributed by atoms with Crippen LogP contribution in [0, 0.1) is 0 Å². The van der Waals surface area contributed by atoms with Crippen molar-refractivity contribution in [2.75, 3.05) is 39.5 Å². The maximum atomic E-state index is 11.5. The standard InChI is InChI=1S/C14H20N2O3/c1-2-19-14(17)12-3-4-13(15-11-12)5-6-16-7-9-18-10-8-16/h3-4,11H,2,5-10H2,1H3. The minimum absolute atomic E-state index is 0.310. The molecule has 0 unspecified atom stereocenters. The van der Waals surface area contributed by atoms with Gasteiger partial charge in [0.1, 0.15) is 0 Å². The zero-order valence-electron chi connectivity index (χ0n) is 11.3. The van der Waals surface area contributed by atoms with Crippen molar-refractivity contribution in [3.8, 4) is 0 Å². The first-order chi connectivity index (χ1) is 9.29. The molecule has 2 heterocycles. The number of hydrogen-bond donors (Lipinski definition) is 0. The van der Waals surface area contributed by atoms with E-state index in [0.717, 1.165) is 45.0 Å². The molecule has 104 valence electrons. The molecule has 0 radical (unpaired) electrons. The molecule has 0 atom stereocenters. The van der Waals surface area contributed by atoms with E-state index in [1.807, 2.05) is 6.07 Å². The van der Waals surface area contributed by atoms with E-state index in [4.69, 9.17) is 9.47 Å². The molecule has 1 aromatic rings. The van der Waals surface area contributed by atoms with Crippen molar-refractivity contribution in [1.82, 2.24) is 9.88 Å². The highest BCUT2D eigenvalue weighted by Crippen LogP contribution is 2.05. The summed E-state index contributed by atoms with van der Waals surface area (Å²) in [5, 5.41) is 0. The largest absolute Gasteiger partial charge is 0.462 e. The highest BCUT2D eigenvalue weighted by Gasteiger charge is 2.11. The van der Waals surface area contributed by atoms with Gasteiger partial charge < -0.3 is 9.47 Å². The number of carbonyl (C=O) groups is 1. The van der Waals surface area contributed by atoms with E-state index >= 15 is 0 Å². The second-order valence-electron chi connectivity index (χ2n) is 4.46. The van der Waals surface area contributed by atoms with E-state index in [-0.39, 0.29) is 5.97 Å². The molecule has 1 aliphatic heterocycles. The second-order valence-corrected chi connectivity index (χ2v) is 4.46. The fourth-order valence-electron chi connectivity index (χ4n) is 2.00. The van der Waals surface area contributed by atoms with E-state index in [1.54, 1.807) is 19.2 Å². The average molecular weight is 264 g/mol. The summed E-state index contributed by atoms with van der Waals surface area (Å²) in [7, 11) is 0. The molecule has 0 amide bonds. The number of carbonyl (C=O) groups excluding carboxylic acids is 1. The Hall–Kier alpha value is -1.46.